The molecule has 122 valence electrons. The number of hydrogen-bond acceptors (Lipinski definition) is 4. The number of anilines is 1. The number of rotatable bonds is 3. The van der Waals surface area contributed by atoms with Gasteiger partial charge in [-0.2, -0.15) is 0 Å². The van der Waals surface area contributed by atoms with Crippen molar-refractivity contribution in [2.24, 2.45) is 0 Å². The van der Waals surface area contributed by atoms with Gasteiger partial charge >= 0.3 is 0 Å². The predicted molar refractivity (Wildman–Crippen MR) is 105 cm³/mol. The lowest BCUT2D eigenvalue weighted by molar-refractivity contribution is 1.13. The van der Waals surface area contributed by atoms with Gasteiger partial charge in [0.15, 0.2) is 0 Å². The monoisotopic (exact) mass is 343 g/mol. The summed E-state index contributed by atoms with van der Waals surface area (Å²) in [5.41, 5.74) is 14.7. The molecule has 2 N–H and O–H groups in total. The van der Waals surface area contributed by atoms with Crippen molar-refractivity contribution in [1.29, 1.82) is 0 Å². The van der Waals surface area contributed by atoms with E-state index in [9.17, 15) is 0 Å². The highest BCUT2D eigenvalue weighted by molar-refractivity contribution is 7.16. The van der Waals surface area contributed by atoms with Crippen LogP contribution in [0.3, 0.4) is 0 Å². The van der Waals surface area contributed by atoms with Crippen molar-refractivity contribution in [3.8, 4) is 22.4 Å². The fourth-order valence-electron chi connectivity index (χ4n) is 3.31. The number of fused-ring (bicyclic) bond motifs is 1. The van der Waals surface area contributed by atoms with E-state index in [0.717, 1.165) is 33.8 Å². The van der Waals surface area contributed by atoms with Gasteiger partial charge in [-0.1, -0.05) is 24.3 Å². The van der Waals surface area contributed by atoms with Crippen LogP contribution in [-0.2, 0) is 0 Å². The largest absolute Gasteiger partial charge is 0.384 e. The molecule has 0 radical (unpaired) electrons. The molecule has 0 saturated heterocycles. The number of thiazole rings is 1. The van der Waals surface area contributed by atoms with Gasteiger partial charge < -0.3 is 5.73 Å². The zero-order valence-electron chi connectivity index (χ0n) is 13.6. The van der Waals surface area contributed by atoms with Crippen molar-refractivity contribution in [3.05, 3.63) is 65.7 Å². The van der Waals surface area contributed by atoms with Crippen molar-refractivity contribution in [1.82, 2.24) is 9.97 Å². The zero-order valence-corrected chi connectivity index (χ0v) is 14.5. The molecular weight excluding hydrogens is 326 g/mol. The summed E-state index contributed by atoms with van der Waals surface area (Å²) in [6.07, 6.45) is 2.59. The van der Waals surface area contributed by atoms with Gasteiger partial charge in [-0.25, -0.2) is 9.97 Å². The second-order valence-electron chi connectivity index (χ2n) is 6.57. The van der Waals surface area contributed by atoms with E-state index in [-0.39, 0.29) is 0 Å². The number of nitrogen functional groups attached to an aromatic ring is 1. The number of benzene rings is 2. The van der Waals surface area contributed by atoms with Gasteiger partial charge in [0.2, 0.25) is 0 Å². The molecule has 0 spiro atoms. The first-order chi connectivity index (χ1) is 12.3. The normalized spacial score (nSPS) is 14.1. The highest BCUT2D eigenvalue weighted by atomic mass is 32.1. The van der Waals surface area contributed by atoms with Gasteiger partial charge in [-0.3, -0.25) is 0 Å². The number of pyridine rings is 1. The summed E-state index contributed by atoms with van der Waals surface area (Å²) in [4.78, 5) is 9.04. The molecule has 0 unspecified atom stereocenters. The third-order valence-electron chi connectivity index (χ3n) is 4.77. The second kappa shape index (κ2) is 5.67. The molecule has 2 aromatic carbocycles. The molecule has 1 saturated carbocycles. The molecule has 0 amide bonds. The van der Waals surface area contributed by atoms with Crippen LogP contribution in [0.1, 0.15) is 24.3 Å². The Morgan fingerprint density at radius 2 is 1.88 bits per heavy atom. The Kier molecular flexibility index (Phi) is 3.31. The summed E-state index contributed by atoms with van der Waals surface area (Å²) < 4.78 is 1.19. The molecule has 2 heterocycles. The third-order valence-corrected chi connectivity index (χ3v) is 5.56. The second-order valence-corrected chi connectivity index (χ2v) is 7.45. The molecule has 2 aromatic heterocycles. The minimum Gasteiger partial charge on any atom is -0.384 e. The van der Waals surface area contributed by atoms with Gasteiger partial charge in [-0.05, 0) is 60.2 Å². The van der Waals surface area contributed by atoms with Crippen molar-refractivity contribution in [2.75, 3.05) is 5.73 Å². The quantitative estimate of drug-likeness (QED) is 0.535. The Bertz CT molecular complexity index is 1080. The van der Waals surface area contributed by atoms with Gasteiger partial charge in [-0.15, -0.1) is 11.3 Å². The first-order valence-electron chi connectivity index (χ1n) is 8.48. The Balaban J connectivity index is 1.68. The first-order valence-corrected chi connectivity index (χ1v) is 9.36. The molecule has 0 aliphatic heterocycles. The van der Waals surface area contributed by atoms with E-state index in [4.69, 9.17) is 5.73 Å². The standard InChI is InChI=1S/C21H17N3S/c22-20-9-7-17(15-6-8-18-19(11-15)25-12-23-18)21(24-20)16-3-1-2-14(10-16)13-4-5-13/h1-3,6-13H,4-5H2,(H2,22,24). The van der Waals surface area contributed by atoms with Crippen LogP contribution in [0.4, 0.5) is 5.82 Å². The molecule has 1 aliphatic carbocycles. The van der Waals surface area contributed by atoms with Gasteiger partial charge in [0.25, 0.3) is 0 Å². The van der Waals surface area contributed by atoms with Gasteiger partial charge in [0, 0.05) is 11.1 Å². The van der Waals surface area contributed by atoms with E-state index in [1.165, 1.54) is 23.1 Å². The molecule has 5 rings (SSSR count). The van der Waals surface area contributed by atoms with Crippen LogP contribution in [0.25, 0.3) is 32.6 Å². The molecule has 1 aliphatic rings. The van der Waals surface area contributed by atoms with Crippen LogP contribution in [0.15, 0.2) is 60.1 Å². The average Bonchev–Trinajstić information content (AvgIpc) is 3.39. The highest BCUT2D eigenvalue weighted by Crippen LogP contribution is 2.42. The first kappa shape index (κ1) is 14.6. The molecule has 1 fully saturated rings. The molecule has 4 heteroatoms. The maximum atomic E-state index is 6.01. The van der Waals surface area contributed by atoms with Crippen LogP contribution in [0.2, 0.25) is 0 Å². The number of nitrogens with two attached hydrogens (primary N) is 1. The summed E-state index contributed by atoms with van der Waals surface area (Å²) in [5, 5.41) is 0. The van der Waals surface area contributed by atoms with E-state index in [2.05, 4.69) is 58.5 Å². The lowest BCUT2D eigenvalue weighted by atomic mass is 9.97. The van der Waals surface area contributed by atoms with Crippen LogP contribution in [0, 0.1) is 0 Å². The molecular formula is C21H17N3S. The van der Waals surface area contributed by atoms with Crippen LogP contribution >= 0.6 is 11.3 Å². The SMILES string of the molecule is Nc1ccc(-c2ccc3ncsc3c2)c(-c2cccc(C3CC3)c2)n1. The lowest BCUT2D eigenvalue weighted by Crippen LogP contribution is -1.95. The molecule has 0 atom stereocenters. The molecule has 3 nitrogen and oxygen atoms in total. The molecule has 0 bridgehead atoms. The number of hydrogen-bond donors (Lipinski definition) is 1. The topological polar surface area (TPSA) is 51.8 Å². The van der Waals surface area contributed by atoms with E-state index in [1.807, 2.05) is 11.6 Å². The third kappa shape index (κ3) is 2.68. The van der Waals surface area contributed by atoms with Crippen LogP contribution in [0.5, 0.6) is 0 Å². The summed E-state index contributed by atoms with van der Waals surface area (Å²) in [6.45, 7) is 0. The Morgan fingerprint density at radius 3 is 2.76 bits per heavy atom. The lowest BCUT2D eigenvalue weighted by Gasteiger charge is -2.11. The smallest absolute Gasteiger partial charge is 0.124 e. The van der Waals surface area contributed by atoms with E-state index < -0.39 is 0 Å². The number of aromatic nitrogens is 2. The van der Waals surface area contributed by atoms with Crippen molar-refractivity contribution in [3.63, 3.8) is 0 Å². The maximum Gasteiger partial charge on any atom is 0.124 e. The Morgan fingerprint density at radius 1 is 0.960 bits per heavy atom. The summed E-state index contributed by atoms with van der Waals surface area (Å²) in [5.74, 6) is 1.27. The number of nitrogens with zero attached hydrogens (tertiary/aromatic N) is 2. The van der Waals surface area contributed by atoms with Crippen LogP contribution < -0.4 is 5.73 Å². The summed E-state index contributed by atoms with van der Waals surface area (Å²) in [7, 11) is 0. The summed E-state index contributed by atoms with van der Waals surface area (Å²) in [6, 6.07) is 19.1. The predicted octanol–water partition coefficient (Wildman–Crippen LogP) is 5.48. The van der Waals surface area contributed by atoms with Gasteiger partial charge in [0.05, 0.1) is 21.4 Å². The highest BCUT2D eigenvalue weighted by Gasteiger charge is 2.24. The minimum absolute atomic E-state index is 0.550. The van der Waals surface area contributed by atoms with Crippen molar-refractivity contribution >= 4 is 27.4 Å². The molecule has 25 heavy (non-hydrogen) atoms. The van der Waals surface area contributed by atoms with Crippen molar-refractivity contribution < 1.29 is 0 Å². The fourth-order valence-corrected chi connectivity index (χ4v) is 4.02. The Hall–Kier alpha value is -2.72. The van der Waals surface area contributed by atoms with Crippen LogP contribution in [-0.4, -0.2) is 9.97 Å². The van der Waals surface area contributed by atoms with E-state index >= 15 is 0 Å². The van der Waals surface area contributed by atoms with Crippen molar-refractivity contribution in [2.45, 2.75) is 18.8 Å². The maximum absolute atomic E-state index is 6.01. The Labute approximate surface area is 150 Å². The summed E-state index contributed by atoms with van der Waals surface area (Å²) >= 11 is 1.66. The zero-order chi connectivity index (χ0) is 16.8. The molecule has 4 aromatic rings. The van der Waals surface area contributed by atoms with E-state index in [1.54, 1.807) is 11.3 Å². The van der Waals surface area contributed by atoms with Gasteiger partial charge in [0.1, 0.15) is 5.82 Å². The minimum atomic E-state index is 0.550. The average molecular weight is 343 g/mol. The fraction of sp³-hybridized carbons (Fsp3) is 0.143. The van der Waals surface area contributed by atoms with E-state index in [0.29, 0.717) is 5.82 Å².